The Morgan fingerprint density at radius 1 is 1.03 bits per heavy atom. The van der Waals surface area contributed by atoms with Crippen LogP contribution >= 0.6 is 0 Å². The number of cyclic esters (lactones) is 1. The quantitative estimate of drug-likeness (QED) is 0.629. The first kappa shape index (κ1) is 23.8. The molecule has 5 heteroatoms. The Kier molecular flexibility index (Phi) is 7.94. The van der Waals surface area contributed by atoms with Crippen molar-refractivity contribution in [3.63, 3.8) is 0 Å². The van der Waals surface area contributed by atoms with Crippen molar-refractivity contribution in [2.24, 2.45) is 5.92 Å². The lowest BCUT2D eigenvalue weighted by Gasteiger charge is -2.32. The lowest BCUT2D eigenvalue weighted by Crippen LogP contribution is -2.45. The molecule has 0 radical (unpaired) electrons. The number of amides is 1. The van der Waals surface area contributed by atoms with Gasteiger partial charge < -0.3 is 14.8 Å². The number of carbonyl (C=O) groups is 2. The van der Waals surface area contributed by atoms with E-state index in [0.29, 0.717) is 12.3 Å². The number of ether oxygens (including phenoxy) is 2. The van der Waals surface area contributed by atoms with Crippen LogP contribution in [0.2, 0.25) is 0 Å². The zero-order valence-electron chi connectivity index (χ0n) is 19.5. The topological polar surface area (TPSA) is 64.6 Å². The van der Waals surface area contributed by atoms with Crippen molar-refractivity contribution in [1.82, 2.24) is 5.32 Å². The lowest BCUT2D eigenvalue weighted by atomic mass is 9.76. The van der Waals surface area contributed by atoms with Crippen LogP contribution in [-0.2, 0) is 20.7 Å². The van der Waals surface area contributed by atoms with Gasteiger partial charge >= 0.3 is 12.1 Å². The van der Waals surface area contributed by atoms with Gasteiger partial charge in [-0.3, -0.25) is 0 Å². The van der Waals surface area contributed by atoms with Crippen molar-refractivity contribution >= 4 is 12.1 Å². The first-order valence-electron chi connectivity index (χ1n) is 11.5. The number of nitrogens with one attached hydrogen (secondary N) is 1. The summed E-state index contributed by atoms with van der Waals surface area (Å²) in [6.07, 6.45) is 2.26. The van der Waals surface area contributed by atoms with Crippen molar-refractivity contribution in [2.45, 2.75) is 77.0 Å². The molecule has 172 valence electrons. The number of hydrogen-bond acceptors (Lipinski definition) is 4. The minimum absolute atomic E-state index is 0.0700. The highest BCUT2D eigenvalue weighted by atomic mass is 16.6. The van der Waals surface area contributed by atoms with Crippen molar-refractivity contribution in [1.29, 1.82) is 0 Å². The molecule has 0 bridgehead atoms. The van der Waals surface area contributed by atoms with E-state index in [-0.39, 0.29) is 12.0 Å². The van der Waals surface area contributed by atoms with Gasteiger partial charge in [-0.25, -0.2) is 9.59 Å². The Labute approximate surface area is 191 Å². The van der Waals surface area contributed by atoms with E-state index in [1.165, 1.54) is 11.1 Å². The fourth-order valence-corrected chi connectivity index (χ4v) is 4.55. The Hall–Kier alpha value is -2.82. The molecule has 0 spiro atoms. The molecule has 1 fully saturated rings. The first-order valence-corrected chi connectivity index (χ1v) is 11.5. The zero-order chi connectivity index (χ0) is 23.1. The maximum absolute atomic E-state index is 13.0. The van der Waals surface area contributed by atoms with Crippen molar-refractivity contribution in [2.75, 3.05) is 0 Å². The van der Waals surface area contributed by atoms with Gasteiger partial charge in [-0.1, -0.05) is 67.1 Å². The summed E-state index contributed by atoms with van der Waals surface area (Å²) < 4.78 is 11.3. The van der Waals surface area contributed by atoms with Crippen molar-refractivity contribution in [3.8, 4) is 0 Å². The molecule has 1 N–H and O–H groups in total. The van der Waals surface area contributed by atoms with E-state index in [1.807, 2.05) is 31.2 Å². The Balaban J connectivity index is 1.83. The molecule has 2 aromatic rings. The Bertz CT molecular complexity index is 876. The first-order chi connectivity index (χ1) is 15.2. The molecule has 2 aromatic carbocycles. The highest BCUT2D eigenvalue weighted by molar-refractivity contribution is 5.81. The predicted molar refractivity (Wildman–Crippen MR) is 125 cm³/mol. The molecule has 1 aliphatic heterocycles. The van der Waals surface area contributed by atoms with Crippen molar-refractivity contribution < 1.29 is 19.1 Å². The molecule has 0 aromatic heterocycles. The summed E-state index contributed by atoms with van der Waals surface area (Å²) in [5.41, 5.74) is 1.82. The van der Waals surface area contributed by atoms with Crippen LogP contribution in [0.4, 0.5) is 4.79 Å². The van der Waals surface area contributed by atoms with Crippen LogP contribution in [0.1, 0.15) is 64.0 Å². The van der Waals surface area contributed by atoms with Gasteiger partial charge in [0.05, 0.1) is 0 Å². The van der Waals surface area contributed by atoms with Crippen LogP contribution in [0.3, 0.4) is 0 Å². The number of hydrogen-bond donors (Lipinski definition) is 1. The second-order valence-corrected chi connectivity index (χ2v) is 9.66. The van der Waals surface area contributed by atoms with E-state index >= 15 is 0 Å². The van der Waals surface area contributed by atoms with Crippen LogP contribution < -0.4 is 5.32 Å². The summed E-state index contributed by atoms with van der Waals surface area (Å²) >= 11 is 0. The maximum atomic E-state index is 13.0. The molecule has 4 atom stereocenters. The summed E-state index contributed by atoms with van der Waals surface area (Å²) in [4.78, 5) is 25.3. The third kappa shape index (κ3) is 6.84. The van der Waals surface area contributed by atoms with Crippen LogP contribution in [0.5, 0.6) is 0 Å². The summed E-state index contributed by atoms with van der Waals surface area (Å²) in [5, 5.41) is 2.72. The van der Waals surface area contributed by atoms with E-state index in [0.717, 1.165) is 19.3 Å². The largest absolute Gasteiger partial charge is 0.460 e. The molecule has 1 aliphatic rings. The zero-order valence-corrected chi connectivity index (χ0v) is 19.5. The molecule has 3 rings (SSSR count). The second kappa shape index (κ2) is 10.7. The second-order valence-electron chi connectivity index (χ2n) is 9.66. The number of benzene rings is 2. The summed E-state index contributed by atoms with van der Waals surface area (Å²) in [5.74, 6) is -0.0202. The molecule has 1 saturated heterocycles. The van der Waals surface area contributed by atoms with Gasteiger partial charge in [0.25, 0.3) is 0 Å². The van der Waals surface area contributed by atoms with Gasteiger partial charge in [-0.05, 0) is 64.0 Å². The van der Waals surface area contributed by atoms with E-state index in [2.05, 4.69) is 41.7 Å². The normalized spacial score (nSPS) is 24.4. The molecule has 0 unspecified atom stereocenters. The highest BCUT2D eigenvalue weighted by Gasteiger charge is 2.35. The summed E-state index contributed by atoms with van der Waals surface area (Å²) in [6, 6.07) is 20.0. The number of rotatable bonds is 4. The van der Waals surface area contributed by atoms with E-state index in [9.17, 15) is 9.59 Å². The minimum Gasteiger partial charge on any atom is -0.460 e. The SMILES string of the molecule is C[C@@H]1OC(=O)[C@@H](NC(=O)OC(C)(C)C)CCC[C@H](Cc2ccccc2)[C@H]1c1ccccc1. The lowest BCUT2D eigenvalue weighted by molar-refractivity contribution is -0.152. The third-order valence-corrected chi connectivity index (χ3v) is 5.88. The molecule has 0 aliphatic carbocycles. The maximum Gasteiger partial charge on any atom is 0.408 e. The van der Waals surface area contributed by atoms with Crippen molar-refractivity contribution in [3.05, 3.63) is 71.8 Å². The predicted octanol–water partition coefficient (Wildman–Crippen LogP) is 5.64. The monoisotopic (exact) mass is 437 g/mol. The fourth-order valence-electron chi connectivity index (χ4n) is 4.55. The van der Waals surface area contributed by atoms with Gasteiger partial charge in [-0.2, -0.15) is 0 Å². The highest BCUT2D eigenvalue weighted by Crippen LogP contribution is 2.37. The standard InChI is InChI=1S/C27H35NO4/c1-19-24(21-14-9-6-10-15-21)22(18-20-12-7-5-8-13-20)16-11-17-23(25(29)31-19)28-26(30)32-27(2,3)4/h5-10,12-15,19,22-24H,11,16-18H2,1-4H3,(H,28,30)/t19-,22+,23-,24+/m0/s1. The smallest absolute Gasteiger partial charge is 0.408 e. The average Bonchev–Trinajstić information content (AvgIpc) is 2.77. The number of esters is 1. The van der Waals surface area contributed by atoms with Crippen LogP contribution in [0.15, 0.2) is 60.7 Å². The number of carbonyl (C=O) groups excluding carboxylic acids is 2. The Morgan fingerprint density at radius 3 is 2.28 bits per heavy atom. The molecular formula is C27H35NO4. The molecule has 1 heterocycles. The fraction of sp³-hybridized carbons (Fsp3) is 0.481. The molecule has 32 heavy (non-hydrogen) atoms. The average molecular weight is 438 g/mol. The van der Waals surface area contributed by atoms with E-state index in [1.54, 1.807) is 20.8 Å². The number of alkyl carbamates (subject to hydrolysis) is 1. The summed E-state index contributed by atoms with van der Waals surface area (Å²) in [6.45, 7) is 7.36. The van der Waals surface area contributed by atoms with Gasteiger partial charge in [-0.15, -0.1) is 0 Å². The molecule has 1 amide bonds. The van der Waals surface area contributed by atoms with Gasteiger partial charge in [0, 0.05) is 5.92 Å². The van der Waals surface area contributed by atoms with Crippen LogP contribution in [0, 0.1) is 5.92 Å². The van der Waals surface area contributed by atoms with E-state index < -0.39 is 23.7 Å². The van der Waals surface area contributed by atoms with Gasteiger partial charge in [0.1, 0.15) is 17.7 Å². The third-order valence-electron chi connectivity index (χ3n) is 5.88. The Morgan fingerprint density at radius 2 is 1.66 bits per heavy atom. The molecule has 0 saturated carbocycles. The van der Waals surface area contributed by atoms with Gasteiger partial charge in [0.15, 0.2) is 0 Å². The minimum atomic E-state index is -0.709. The molecule has 5 nitrogen and oxygen atoms in total. The summed E-state index contributed by atoms with van der Waals surface area (Å²) in [7, 11) is 0. The van der Waals surface area contributed by atoms with Crippen LogP contribution in [-0.4, -0.2) is 29.8 Å². The van der Waals surface area contributed by atoms with Crippen LogP contribution in [0.25, 0.3) is 0 Å². The molecular weight excluding hydrogens is 402 g/mol. The van der Waals surface area contributed by atoms with Gasteiger partial charge in [0.2, 0.25) is 0 Å². The van der Waals surface area contributed by atoms with E-state index in [4.69, 9.17) is 9.47 Å².